The number of methoxy groups -OCH3 is 1. The predicted octanol–water partition coefficient (Wildman–Crippen LogP) is 4.60. The Morgan fingerprint density at radius 1 is 1.18 bits per heavy atom. The van der Waals surface area contributed by atoms with Crippen molar-refractivity contribution in [1.82, 2.24) is 24.9 Å². The van der Waals surface area contributed by atoms with Crippen molar-refractivity contribution in [3.8, 4) is 22.4 Å². The van der Waals surface area contributed by atoms with Crippen molar-refractivity contribution in [3.63, 3.8) is 0 Å². The van der Waals surface area contributed by atoms with E-state index in [9.17, 15) is 4.79 Å². The van der Waals surface area contributed by atoms with Gasteiger partial charge in [-0.3, -0.25) is 14.6 Å². The lowest BCUT2D eigenvalue weighted by atomic mass is 9.98. The summed E-state index contributed by atoms with van der Waals surface area (Å²) in [6, 6.07) is 16.4. The molecule has 7 heteroatoms. The van der Waals surface area contributed by atoms with Gasteiger partial charge in [-0.1, -0.05) is 24.3 Å². The SMILES string of the molecule is COCc1cc(C(=O)N2CCCC2c2cccc(-c3ccnn3C)c2)ccc1-c1cn[nH]c1. The number of hydrogen-bond donors (Lipinski definition) is 1. The fraction of sp³-hybridized carbons (Fsp3) is 0.269. The van der Waals surface area contributed by atoms with Crippen LogP contribution in [-0.2, 0) is 18.4 Å². The van der Waals surface area contributed by atoms with E-state index in [4.69, 9.17) is 4.74 Å². The maximum Gasteiger partial charge on any atom is 0.254 e. The molecule has 0 spiro atoms. The number of carbonyl (C=O) groups is 1. The molecule has 33 heavy (non-hydrogen) atoms. The van der Waals surface area contributed by atoms with Crippen LogP contribution in [0.3, 0.4) is 0 Å². The normalized spacial score (nSPS) is 15.8. The number of aryl methyl sites for hydroxylation is 1. The van der Waals surface area contributed by atoms with Crippen LogP contribution in [0.15, 0.2) is 67.1 Å². The molecule has 0 bridgehead atoms. The highest BCUT2D eigenvalue weighted by atomic mass is 16.5. The number of carbonyl (C=O) groups excluding carboxylic acids is 1. The lowest BCUT2D eigenvalue weighted by Gasteiger charge is -2.26. The summed E-state index contributed by atoms with van der Waals surface area (Å²) in [4.78, 5) is 15.6. The smallest absolute Gasteiger partial charge is 0.254 e. The minimum absolute atomic E-state index is 0.0551. The Morgan fingerprint density at radius 3 is 2.85 bits per heavy atom. The fourth-order valence-corrected chi connectivity index (χ4v) is 4.77. The van der Waals surface area contributed by atoms with E-state index in [0.717, 1.165) is 52.9 Å². The van der Waals surface area contributed by atoms with E-state index in [1.807, 2.05) is 47.1 Å². The summed E-state index contributed by atoms with van der Waals surface area (Å²) in [5.74, 6) is 0.0551. The van der Waals surface area contributed by atoms with Crippen molar-refractivity contribution in [2.75, 3.05) is 13.7 Å². The molecule has 1 fully saturated rings. The highest BCUT2D eigenvalue weighted by Crippen LogP contribution is 2.35. The maximum absolute atomic E-state index is 13.6. The van der Waals surface area contributed by atoms with Crippen LogP contribution in [0.25, 0.3) is 22.4 Å². The van der Waals surface area contributed by atoms with Gasteiger partial charge >= 0.3 is 0 Å². The molecule has 1 unspecified atom stereocenters. The third-order valence-electron chi connectivity index (χ3n) is 6.36. The number of amides is 1. The summed E-state index contributed by atoms with van der Waals surface area (Å²) in [5, 5.41) is 11.2. The Morgan fingerprint density at radius 2 is 2.09 bits per heavy atom. The molecule has 1 aliphatic rings. The Hall–Kier alpha value is -3.71. The van der Waals surface area contributed by atoms with Crippen LogP contribution in [0.5, 0.6) is 0 Å². The standard InChI is InChI=1S/C26H27N5O2/c1-30-24(10-11-29-30)18-5-3-6-19(13-18)25-7-4-12-31(25)26(32)20-8-9-23(21(14-20)17-33-2)22-15-27-28-16-22/h3,5-6,8-11,13-16,25H,4,7,12,17H2,1-2H3,(H,27,28). The second-order valence-corrected chi connectivity index (χ2v) is 8.41. The third-order valence-corrected chi connectivity index (χ3v) is 6.36. The molecular formula is C26H27N5O2. The average molecular weight is 442 g/mol. The van der Waals surface area contributed by atoms with Crippen molar-refractivity contribution in [1.29, 1.82) is 0 Å². The van der Waals surface area contributed by atoms with Gasteiger partial charge in [-0.2, -0.15) is 10.2 Å². The number of benzene rings is 2. The number of nitrogens with one attached hydrogen (secondary N) is 1. The molecule has 1 N–H and O–H groups in total. The van der Waals surface area contributed by atoms with Gasteiger partial charge in [-0.25, -0.2) is 0 Å². The molecule has 0 aliphatic carbocycles. The van der Waals surface area contributed by atoms with E-state index < -0.39 is 0 Å². The topological polar surface area (TPSA) is 76.0 Å². The quantitative estimate of drug-likeness (QED) is 0.474. The Kier molecular flexibility index (Phi) is 5.79. The van der Waals surface area contributed by atoms with Gasteiger partial charge in [0, 0.05) is 49.8 Å². The molecule has 5 rings (SSSR count). The van der Waals surface area contributed by atoms with Crippen LogP contribution in [0, 0.1) is 0 Å². The van der Waals surface area contributed by atoms with Crippen molar-refractivity contribution >= 4 is 5.91 Å². The molecule has 0 saturated carbocycles. The zero-order valence-electron chi connectivity index (χ0n) is 18.9. The van der Waals surface area contributed by atoms with Crippen molar-refractivity contribution in [2.24, 2.45) is 7.05 Å². The lowest BCUT2D eigenvalue weighted by molar-refractivity contribution is 0.0735. The van der Waals surface area contributed by atoms with Gasteiger partial charge in [0.05, 0.1) is 24.5 Å². The number of hydrogen-bond acceptors (Lipinski definition) is 4. The average Bonchev–Trinajstić information content (AvgIpc) is 3.61. The molecule has 7 nitrogen and oxygen atoms in total. The predicted molar refractivity (Wildman–Crippen MR) is 126 cm³/mol. The van der Waals surface area contributed by atoms with E-state index in [0.29, 0.717) is 12.2 Å². The first-order valence-electron chi connectivity index (χ1n) is 11.2. The largest absolute Gasteiger partial charge is 0.380 e. The van der Waals surface area contributed by atoms with Crippen molar-refractivity contribution < 1.29 is 9.53 Å². The maximum atomic E-state index is 13.6. The van der Waals surface area contributed by atoms with E-state index in [2.05, 4.69) is 39.6 Å². The second-order valence-electron chi connectivity index (χ2n) is 8.41. The number of ether oxygens (including phenoxy) is 1. The van der Waals surface area contributed by atoms with Crippen LogP contribution < -0.4 is 0 Å². The molecule has 1 saturated heterocycles. The first-order chi connectivity index (χ1) is 16.2. The fourth-order valence-electron chi connectivity index (χ4n) is 4.77. The summed E-state index contributed by atoms with van der Waals surface area (Å²) in [5.41, 5.74) is 6.98. The molecular weight excluding hydrogens is 414 g/mol. The van der Waals surface area contributed by atoms with Crippen LogP contribution >= 0.6 is 0 Å². The molecule has 2 aromatic carbocycles. The van der Waals surface area contributed by atoms with Gasteiger partial charge in [0.15, 0.2) is 0 Å². The van der Waals surface area contributed by atoms with Crippen LogP contribution in [0.2, 0.25) is 0 Å². The lowest BCUT2D eigenvalue weighted by Crippen LogP contribution is -2.30. The molecule has 3 heterocycles. The van der Waals surface area contributed by atoms with Crippen molar-refractivity contribution in [3.05, 3.63) is 83.8 Å². The summed E-state index contributed by atoms with van der Waals surface area (Å²) in [7, 11) is 3.61. The highest BCUT2D eigenvalue weighted by molar-refractivity contribution is 5.95. The molecule has 0 radical (unpaired) electrons. The Bertz CT molecular complexity index is 1260. The summed E-state index contributed by atoms with van der Waals surface area (Å²) in [6.45, 7) is 1.18. The molecule has 4 aromatic rings. The first-order valence-corrected chi connectivity index (χ1v) is 11.2. The number of rotatable bonds is 6. The van der Waals surface area contributed by atoms with E-state index in [1.54, 1.807) is 19.5 Å². The minimum Gasteiger partial charge on any atom is -0.380 e. The van der Waals surface area contributed by atoms with Crippen molar-refractivity contribution in [2.45, 2.75) is 25.5 Å². The van der Waals surface area contributed by atoms with Gasteiger partial charge in [0.25, 0.3) is 5.91 Å². The number of aromatic nitrogens is 4. The number of H-pyrrole nitrogens is 1. The number of likely N-dealkylation sites (tertiary alicyclic amines) is 1. The highest BCUT2D eigenvalue weighted by Gasteiger charge is 2.31. The summed E-state index contributed by atoms with van der Waals surface area (Å²) >= 11 is 0. The third kappa shape index (κ3) is 4.07. The minimum atomic E-state index is 0.0551. The Balaban J connectivity index is 1.44. The van der Waals surface area contributed by atoms with E-state index in [-0.39, 0.29) is 11.9 Å². The van der Waals surface area contributed by atoms with Gasteiger partial charge in [0.2, 0.25) is 0 Å². The summed E-state index contributed by atoms with van der Waals surface area (Å²) < 4.78 is 7.28. The van der Waals surface area contributed by atoms with Crippen LogP contribution in [-0.4, -0.2) is 44.4 Å². The van der Waals surface area contributed by atoms with E-state index in [1.165, 1.54) is 0 Å². The summed E-state index contributed by atoms with van der Waals surface area (Å²) in [6.07, 6.45) is 7.38. The molecule has 1 amide bonds. The van der Waals surface area contributed by atoms with Crippen LogP contribution in [0.1, 0.15) is 40.4 Å². The molecule has 168 valence electrons. The van der Waals surface area contributed by atoms with Gasteiger partial charge in [0.1, 0.15) is 0 Å². The van der Waals surface area contributed by atoms with Gasteiger partial charge in [-0.05, 0) is 53.8 Å². The van der Waals surface area contributed by atoms with Gasteiger partial charge < -0.3 is 9.64 Å². The zero-order chi connectivity index (χ0) is 22.8. The molecule has 1 aliphatic heterocycles. The number of aromatic amines is 1. The zero-order valence-corrected chi connectivity index (χ0v) is 18.9. The molecule has 2 aromatic heterocycles. The van der Waals surface area contributed by atoms with E-state index >= 15 is 0 Å². The monoisotopic (exact) mass is 441 g/mol. The van der Waals surface area contributed by atoms with Gasteiger partial charge in [-0.15, -0.1) is 0 Å². The Labute approximate surface area is 193 Å². The second kappa shape index (κ2) is 9.03. The molecule has 1 atom stereocenters. The van der Waals surface area contributed by atoms with Crippen LogP contribution in [0.4, 0.5) is 0 Å². The number of nitrogens with zero attached hydrogens (tertiary/aromatic N) is 4. The first kappa shape index (κ1) is 21.2.